The molecule has 6 nitrogen and oxygen atoms in total. The summed E-state index contributed by atoms with van der Waals surface area (Å²) in [4.78, 5) is 26.6. The second kappa shape index (κ2) is 7.92. The number of nitrogens with zero attached hydrogens (tertiary/aromatic N) is 1. The average Bonchev–Trinajstić information content (AvgIpc) is 2.59. The molecule has 126 valence electrons. The summed E-state index contributed by atoms with van der Waals surface area (Å²) in [6.07, 6.45) is 0.00898. The number of carbonyl (C=O) groups excluding carboxylic acids is 2. The largest absolute Gasteiger partial charge is 0.469 e. The number of hydrogen-bond donors (Lipinski definition) is 1. The fourth-order valence-electron chi connectivity index (χ4n) is 2.84. The predicted octanol–water partition coefficient (Wildman–Crippen LogP) is -0.365. The molecule has 0 radical (unpaired) electrons. The van der Waals surface area contributed by atoms with Crippen molar-refractivity contribution in [3.8, 4) is 0 Å². The summed E-state index contributed by atoms with van der Waals surface area (Å²) in [5.41, 5.74) is 0.952. The fraction of sp³-hybridized carbons (Fsp3) is 0.500. The molecule has 0 amide bonds. The van der Waals surface area contributed by atoms with E-state index in [-0.39, 0.29) is 12.2 Å². The van der Waals surface area contributed by atoms with Crippen molar-refractivity contribution in [2.45, 2.75) is 12.5 Å². The molecule has 7 heteroatoms. The van der Waals surface area contributed by atoms with Gasteiger partial charge in [-0.3, -0.25) is 4.79 Å². The van der Waals surface area contributed by atoms with E-state index in [0.717, 1.165) is 23.7 Å². The highest BCUT2D eigenvalue weighted by Crippen LogP contribution is 2.14. The second-order valence-corrected chi connectivity index (χ2v) is 5.48. The summed E-state index contributed by atoms with van der Waals surface area (Å²) in [5, 5.41) is 0. The van der Waals surface area contributed by atoms with Gasteiger partial charge < -0.3 is 19.3 Å². The van der Waals surface area contributed by atoms with Crippen LogP contribution in [0.3, 0.4) is 0 Å². The maximum atomic E-state index is 13.0. The van der Waals surface area contributed by atoms with Gasteiger partial charge in [0.1, 0.15) is 12.2 Å². The lowest BCUT2D eigenvalue weighted by molar-refractivity contribution is -0.916. The average molecular weight is 325 g/mol. The normalized spacial score (nSPS) is 16.7. The third kappa shape index (κ3) is 4.41. The third-order valence-electron chi connectivity index (χ3n) is 4.17. The van der Waals surface area contributed by atoms with E-state index in [1.54, 1.807) is 12.1 Å². The molecule has 1 atom stereocenters. The molecular formula is C16H22FN2O4+. The first-order valence-electron chi connectivity index (χ1n) is 7.55. The standard InChI is InChI=1S/C16H21FN2O4/c1-22-15(20)11-14(16(21)23-2)19-9-7-18(8-10-19)13-5-3-12(17)4-6-13/h3-6,14H,7-11H2,1-2H3/p+1/t14-/m0/s1. The van der Waals surface area contributed by atoms with Crippen molar-refractivity contribution in [2.24, 2.45) is 0 Å². The minimum Gasteiger partial charge on any atom is -0.469 e. The van der Waals surface area contributed by atoms with Gasteiger partial charge in [0.15, 0.2) is 6.04 Å². The van der Waals surface area contributed by atoms with Crippen molar-refractivity contribution < 1.29 is 28.4 Å². The number of benzene rings is 1. The van der Waals surface area contributed by atoms with Gasteiger partial charge in [0, 0.05) is 5.69 Å². The molecule has 23 heavy (non-hydrogen) atoms. The summed E-state index contributed by atoms with van der Waals surface area (Å²) < 4.78 is 22.5. The SMILES string of the molecule is COC(=O)C[C@@H](C(=O)OC)[NH+]1CCN(c2ccc(F)cc2)CC1. The van der Waals surface area contributed by atoms with Crippen LogP contribution in [0.2, 0.25) is 0 Å². The Labute approximate surface area is 134 Å². The van der Waals surface area contributed by atoms with Crippen molar-refractivity contribution in [3.63, 3.8) is 0 Å². The van der Waals surface area contributed by atoms with Crippen molar-refractivity contribution >= 4 is 17.6 Å². The van der Waals surface area contributed by atoms with Crippen LogP contribution in [-0.4, -0.2) is 58.4 Å². The molecule has 1 fully saturated rings. The van der Waals surface area contributed by atoms with E-state index in [9.17, 15) is 14.0 Å². The Hall–Kier alpha value is -2.15. The summed E-state index contributed by atoms with van der Waals surface area (Å²) in [5.74, 6) is -1.09. The second-order valence-electron chi connectivity index (χ2n) is 5.48. The van der Waals surface area contributed by atoms with Gasteiger partial charge in [-0.25, -0.2) is 9.18 Å². The van der Waals surface area contributed by atoms with E-state index >= 15 is 0 Å². The van der Waals surface area contributed by atoms with Crippen LogP contribution in [0.5, 0.6) is 0 Å². The van der Waals surface area contributed by atoms with Crippen LogP contribution in [0.1, 0.15) is 6.42 Å². The number of quaternary nitrogens is 1. The van der Waals surface area contributed by atoms with Crippen molar-refractivity contribution in [1.82, 2.24) is 0 Å². The lowest BCUT2D eigenvalue weighted by Gasteiger charge is -2.36. The zero-order valence-electron chi connectivity index (χ0n) is 13.4. The number of halogens is 1. The molecule has 0 aromatic heterocycles. The van der Waals surface area contributed by atoms with Gasteiger partial charge >= 0.3 is 11.9 Å². The Balaban J connectivity index is 1.98. The van der Waals surface area contributed by atoms with E-state index in [2.05, 4.69) is 9.64 Å². The number of ether oxygens (including phenoxy) is 2. The number of nitrogens with one attached hydrogen (secondary N) is 1. The highest BCUT2D eigenvalue weighted by Gasteiger charge is 2.35. The first-order chi connectivity index (χ1) is 11.0. The molecule has 1 aliphatic heterocycles. The molecule has 1 N–H and O–H groups in total. The number of hydrogen-bond acceptors (Lipinski definition) is 5. The monoisotopic (exact) mass is 325 g/mol. The summed E-state index contributed by atoms with van der Waals surface area (Å²) in [7, 11) is 2.62. The maximum absolute atomic E-state index is 13.0. The Morgan fingerprint density at radius 2 is 1.78 bits per heavy atom. The molecule has 0 spiro atoms. The molecule has 0 bridgehead atoms. The lowest BCUT2D eigenvalue weighted by atomic mass is 10.1. The number of carbonyl (C=O) groups is 2. The van der Waals surface area contributed by atoms with E-state index in [1.807, 2.05) is 0 Å². The first-order valence-corrected chi connectivity index (χ1v) is 7.55. The smallest absolute Gasteiger partial charge is 0.365 e. The van der Waals surface area contributed by atoms with E-state index in [1.165, 1.54) is 26.4 Å². The highest BCUT2D eigenvalue weighted by molar-refractivity contribution is 5.81. The van der Waals surface area contributed by atoms with Crippen LogP contribution in [0, 0.1) is 5.82 Å². The Morgan fingerprint density at radius 1 is 1.17 bits per heavy atom. The minimum absolute atomic E-state index is 0.00898. The first kappa shape index (κ1) is 17.2. The molecule has 1 aliphatic rings. The van der Waals surface area contributed by atoms with E-state index in [4.69, 9.17) is 4.74 Å². The van der Waals surface area contributed by atoms with Crippen LogP contribution in [0.25, 0.3) is 0 Å². The molecule has 1 heterocycles. The molecule has 0 unspecified atom stereocenters. The number of methoxy groups -OCH3 is 2. The minimum atomic E-state index is -0.553. The van der Waals surface area contributed by atoms with Gasteiger partial charge in [-0.2, -0.15) is 0 Å². The molecule has 0 saturated carbocycles. The topological polar surface area (TPSA) is 60.3 Å². The number of anilines is 1. The maximum Gasteiger partial charge on any atom is 0.365 e. The van der Waals surface area contributed by atoms with Crippen molar-refractivity contribution in [3.05, 3.63) is 30.1 Å². The van der Waals surface area contributed by atoms with Crippen LogP contribution in [0.4, 0.5) is 10.1 Å². The molecule has 2 rings (SSSR count). The van der Waals surface area contributed by atoms with Crippen LogP contribution in [0.15, 0.2) is 24.3 Å². The van der Waals surface area contributed by atoms with E-state index < -0.39 is 18.0 Å². The third-order valence-corrected chi connectivity index (χ3v) is 4.17. The van der Waals surface area contributed by atoms with Crippen molar-refractivity contribution in [2.75, 3.05) is 45.3 Å². The molecular weight excluding hydrogens is 303 g/mol. The molecule has 1 saturated heterocycles. The number of rotatable bonds is 5. The zero-order valence-corrected chi connectivity index (χ0v) is 13.4. The van der Waals surface area contributed by atoms with Gasteiger partial charge in [0.25, 0.3) is 0 Å². The number of esters is 2. The number of piperazine rings is 1. The van der Waals surface area contributed by atoms with Gasteiger partial charge in [-0.1, -0.05) is 0 Å². The van der Waals surface area contributed by atoms with Crippen LogP contribution < -0.4 is 9.80 Å². The molecule has 1 aromatic carbocycles. The Kier molecular flexibility index (Phi) is 5.92. The lowest BCUT2D eigenvalue weighted by Crippen LogP contribution is -3.19. The summed E-state index contributed by atoms with van der Waals surface area (Å²) in [6.45, 7) is 2.81. The summed E-state index contributed by atoms with van der Waals surface area (Å²) >= 11 is 0. The Bertz CT molecular complexity index is 542. The van der Waals surface area contributed by atoms with Gasteiger partial charge in [0.05, 0.1) is 40.4 Å². The van der Waals surface area contributed by atoms with Gasteiger partial charge in [-0.15, -0.1) is 0 Å². The zero-order chi connectivity index (χ0) is 16.8. The highest BCUT2D eigenvalue weighted by atomic mass is 19.1. The Morgan fingerprint density at radius 3 is 2.30 bits per heavy atom. The molecule has 0 aliphatic carbocycles. The van der Waals surface area contributed by atoms with Crippen molar-refractivity contribution in [1.29, 1.82) is 0 Å². The van der Waals surface area contributed by atoms with Crippen LogP contribution >= 0.6 is 0 Å². The van der Waals surface area contributed by atoms with Crippen LogP contribution in [-0.2, 0) is 19.1 Å². The summed E-state index contributed by atoms with van der Waals surface area (Å²) in [6, 6.07) is 5.80. The molecule has 1 aromatic rings. The van der Waals surface area contributed by atoms with Gasteiger partial charge in [-0.05, 0) is 24.3 Å². The fourth-order valence-corrected chi connectivity index (χ4v) is 2.84. The van der Waals surface area contributed by atoms with Gasteiger partial charge in [0.2, 0.25) is 0 Å². The van der Waals surface area contributed by atoms with E-state index in [0.29, 0.717) is 13.1 Å². The quantitative estimate of drug-likeness (QED) is 0.749. The predicted molar refractivity (Wildman–Crippen MR) is 81.7 cm³/mol.